The molecular formula is C11H7Cl3N2O3. The molecule has 2 aromatic heterocycles. The van der Waals surface area contributed by atoms with Crippen molar-refractivity contribution in [2.24, 2.45) is 0 Å². The highest BCUT2D eigenvalue weighted by molar-refractivity contribution is 6.48. The average Bonchev–Trinajstić information content (AvgIpc) is 2.79. The number of aryl methyl sites for hydroxylation is 1. The molecule has 0 aromatic carbocycles. The Bertz CT molecular complexity index is 628. The quantitative estimate of drug-likeness (QED) is 0.807. The Morgan fingerprint density at radius 3 is 2.74 bits per heavy atom. The molecule has 0 saturated carbocycles. The Hall–Kier alpha value is -1.30. The molecule has 0 aliphatic heterocycles. The monoisotopic (exact) mass is 320 g/mol. The summed E-state index contributed by atoms with van der Waals surface area (Å²) in [6.07, 6.45) is 1.23. The van der Waals surface area contributed by atoms with E-state index in [9.17, 15) is 4.79 Å². The SMILES string of the molecule is Cc1cc(COC(=O)c2ncc(Cl)c(Cl)c2Cl)on1. The minimum atomic E-state index is -0.724. The number of carbonyl (C=O) groups is 1. The highest BCUT2D eigenvalue weighted by Gasteiger charge is 2.19. The maximum atomic E-state index is 11.8. The van der Waals surface area contributed by atoms with Gasteiger partial charge in [0.15, 0.2) is 18.1 Å². The first kappa shape index (κ1) is 14.1. The largest absolute Gasteiger partial charge is 0.453 e. The molecule has 2 aromatic rings. The van der Waals surface area contributed by atoms with Gasteiger partial charge < -0.3 is 9.26 Å². The van der Waals surface area contributed by atoms with Crippen molar-refractivity contribution in [1.29, 1.82) is 0 Å². The minimum absolute atomic E-state index is 0.0482. The maximum absolute atomic E-state index is 11.8. The fourth-order valence-corrected chi connectivity index (χ4v) is 1.83. The topological polar surface area (TPSA) is 65.2 Å². The summed E-state index contributed by atoms with van der Waals surface area (Å²) < 4.78 is 9.88. The van der Waals surface area contributed by atoms with Crippen LogP contribution in [0.1, 0.15) is 21.9 Å². The number of esters is 1. The maximum Gasteiger partial charge on any atom is 0.358 e. The van der Waals surface area contributed by atoms with Crippen LogP contribution in [0, 0.1) is 6.92 Å². The molecule has 0 amide bonds. The van der Waals surface area contributed by atoms with Crippen LogP contribution in [-0.2, 0) is 11.3 Å². The lowest BCUT2D eigenvalue weighted by atomic mass is 10.3. The molecule has 8 heteroatoms. The lowest BCUT2D eigenvalue weighted by Gasteiger charge is -2.05. The first-order chi connectivity index (χ1) is 8.99. The van der Waals surface area contributed by atoms with Crippen LogP contribution in [0.2, 0.25) is 15.1 Å². The van der Waals surface area contributed by atoms with Gasteiger partial charge in [0.2, 0.25) is 0 Å². The van der Waals surface area contributed by atoms with Gasteiger partial charge in [-0.2, -0.15) is 0 Å². The molecule has 100 valence electrons. The van der Waals surface area contributed by atoms with Gasteiger partial charge in [-0.15, -0.1) is 0 Å². The number of hydrogen-bond donors (Lipinski definition) is 0. The van der Waals surface area contributed by atoms with Crippen LogP contribution in [0.25, 0.3) is 0 Å². The van der Waals surface area contributed by atoms with E-state index < -0.39 is 5.97 Å². The highest BCUT2D eigenvalue weighted by Crippen LogP contribution is 2.31. The predicted octanol–water partition coefficient (Wildman–Crippen LogP) is 3.70. The number of nitrogens with zero attached hydrogens (tertiary/aromatic N) is 2. The third-order valence-corrected chi connectivity index (χ3v) is 3.37. The van der Waals surface area contributed by atoms with Crippen molar-refractivity contribution in [2.75, 3.05) is 0 Å². The van der Waals surface area contributed by atoms with Gasteiger partial charge in [0.1, 0.15) is 0 Å². The van der Waals surface area contributed by atoms with Crippen LogP contribution in [0.5, 0.6) is 0 Å². The number of carbonyl (C=O) groups excluding carboxylic acids is 1. The molecule has 0 atom stereocenters. The van der Waals surface area contributed by atoms with E-state index in [4.69, 9.17) is 44.1 Å². The number of halogens is 3. The average molecular weight is 322 g/mol. The standard InChI is InChI=1S/C11H7Cl3N2O3/c1-5-2-6(19-16-5)4-18-11(17)10-9(14)8(13)7(12)3-15-10/h2-3H,4H2,1H3. The Balaban J connectivity index is 2.10. The Morgan fingerprint density at radius 1 is 1.37 bits per heavy atom. The van der Waals surface area contributed by atoms with Gasteiger partial charge in [-0.3, -0.25) is 0 Å². The van der Waals surface area contributed by atoms with E-state index in [1.54, 1.807) is 13.0 Å². The summed E-state index contributed by atoms with van der Waals surface area (Å²) in [6, 6.07) is 1.65. The summed E-state index contributed by atoms with van der Waals surface area (Å²) >= 11 is 17.4. The van der Waals surface area contributed by atoms with Crippen LogP contribution in [-0.4, -0.2) is 16.1 Å². The van der Waals surface area contributed by atoms with Gasteiger partial charge >= 0.3 is 5.97 Å². The highest BCUT2D eigenvalue weighted by atomic mass is 35.5. The molecule has 19 heavy (non-hydrogen) atoms. The minimum Gasteiger partial charge on any atom is -0.453 e. The molecular weight excluding hydrogens is 314 g/mol. The van der Waals surface area contributed by atoms with Crippen molar-refractivity contribution in [3.63, 3.8) is 0 Å². The van der Waals surface area contributed by atoms with Crippen LogP contribution < -0.4 is 0 Å². The molecule has 0 bridgehead atoms. The third-order valence-electron chi connectivity index (χ3n) is 2.13. The van der Waals surface area contributed by atoms with Gasteiger partial charge in [-0.05, 0) is 6.92 Å². The van der Waals surface area contributed by atoms with Crippen LogP contribution in [0.15, 0.2) is 16.8 Å². The van der Waals surface area contributed by atoms with Crippen LogP contribution in [0.4, 0.5) is 0 Å². The zero-order valence-corrected chi connectivity index (χ0v) is 11.9. The summed E-state index contributed by atoms with van der Waals surface area (Å²) in [6.45, 7) is 1.68. The summed E-state index contributed by atoms with van der Waals surface area (Å²) in [5, 5.41) is 3.83. The van der Waals surface area contributed by atoms with E-state index >= 15 is 0 Å². The molecule has 5 nitrogen and oxygen atoms in total. The molecule has 0 spiro atoms. The molecule has 0 radical (unpaired) electrons. The van der Waals surface area contributed by atoms with Gasteiger partial charge in [0.05, 0.1) is 20.8 Å². The number of rotatable bonds is 3. The lowest BCUT2D eigenvalue weighted by molar-refractivity contribution is 0.0430. The molecule has 0 saturated heterocycles. The Morgan fingerprint density at radius 2 is 2.11 bits per heavy atom. The first-order valence-electron chi connectivity index (χ1n) is 5.08. The molecule has 0 N–H and O–H groups in total. The molecule has 0 fully saturated rings. The van der Waals surface area contributed by atoms with Gasteiger partial charge in [-0.25, -0.2) is 9.78 Å². The summed E-state index contributed by atoms with van der Waals surface area (Å²) in [4.78, 5) is 15.6. The number of hydrogen-bond acceptors (Lipinski definition) is 5. The molecule has 0 aliphatic carbocycles. The smallest absolute Gasteiger partial charge is 0.358 e. The second-order valence-corrected chi connectivity index (χ2v) is 4.76. The van der Waals surface area contributed by atoms with Crippen molar-refractivity contribution >= 4 is 40.8 Å². The van der Waals surface area contributed by atoms with Crippen LogP contribution in [0.3, 0.4) is 0 Å². The van der Waals surface area contributed by atoms with E-state index in [0.717, 1.165) is 0 Å². The summed E-state index contributed by atoms with van der Waals surface area (Å²) in [5.74, 6) is -0.306. The zero-order chi connectivity index (χ0) is 14.0. The van der Waals surface area contributed by atoms with Gasteiger partial charge in [0.25, 0.3) is 0 Å². The van der Waals surface area contributed by atoms with Crippen molar-refractivity contribution < 1.29 is 14.1 Å². The van der Waals surface area contributed by atoms with E-state index in [-0.39, 0.29) is 27.4 Å². The Labute approximate surface area is 123 Å². The van der Waals surface area contributed by atoms with E-state index in [1.165, 1.54) is 6.20 Å². The third kappa shape index (κ3) is 3.18. The van der Waals surface area contributed by atoms with E-state index in [0.29, 0.717) is 11.5 Å². The normalized spacial score (nSPS) is 10.5. The van der Waals surface area contributed by atoms with Gasteiger partial charge in [0, 0.05) is 12.3 Å². The van der Waals surface area contributed by atoms with Crippen molar-refractivity contribution in [3.05, 3.63) is 44.5 Å². The second-order valence-electron chi connectivity index (χ2n) is 3.59. The van der Waals surface area contributed by atoms with Crippen molar-refractivity contribution in [3.8, 4) is 0 Å². The predicted molar refractivity (Wildman–Crippen MR) is 69.6 cm³/mol. The number of aromatic nitrogens is 2. The van der Waals surface area contributed by atoms with Crippen molar-refractivity contribution in [1.82, 2.24) is 10.1 Å². The second kappa shape index (κ2) is 5.77. The fraction of sp³-hybridized carbons (Fsp3) is 0.182. The van der Waals surface area contributed by atoms with E-state index in [2.05, 4.69) is 10.1 Å². The van der Waals surface area contributed by atoms with Crippen molar-refractivity contribution in [2.45, 2.75) is 13.5 Å². The molecule has 0 aliphatic rings. The Kier molecular flexibility index (Phi) is 4.29. The zero-order valence-electron chi connectivity index (χ0n) is 9.61. The van der Waals surface area contributed by atoms with Gasteiger partial charge in [-0.1, -0.05) is 40.0 Å². The molecule has 0 unspecified atom stereocenters. The molecule has 2 rings (SSSR count). The summed E-state index contributed by atoms with van der Waals surface area (Å²) in [7, 11) is 0. The molecule has 2 heterocycles. The van der Waals surface area contributed by atoms with Crippen LogP contribution >= 0.6 is 34.8 Å². The fourth-order valence-electron chi connectivity index (χ4n) is 1.28. The lowest BCUT2D eigenvalue weighted by Crippen LogP contribution is -2.08. The number of pyridine rings is 1. The summed E-state index contributed by atoms with van der Waals surface area (Å²) in [5.41, 5.74) is 0.587. The number of ether oxygens (including phenoxy) is 1. The first-order valence-corrected chi connectivity index (χ1v) is 6.21. The van der Waals surface area contributed by atoms with E-state index in [1.807, 2.05) is 0 Å².